The first-order chi connectivity index (χ1) is 6.50. The van der Waals surface area contributed by atoms with Crippen molar-refractivity contribution in [3.63, 3.8) is 0 Å². The number of aliphatic imine (C=N–C) groups is 1. The molecule has 0 bridgehead atoms. The fourth-order valence-corrected chi connectivity index (χ4v) is 1.06. The number of guanidine groups is 1. The van der Waals surface area contributed by atoms with E-state index >= 15 is 0 Å². The lowest BCUT2D eigenvalue weighted by Gasteiger charge is -1.98. The molecule has 0 aromatic heterocycles. The smallest absolute Gasteiger partial charge is 0.272 e. The van der Waals surface area contributed by atoms with Gasteiger partial charge in [-0.25, -0.2) is 4.99 Å². The maximum Gasteiger partial charge on any atom is 0.272 e. The Kier molecular flexibility index (Phi) is 2.66. The molecule has 0 aliphatic carbocycles. The fraction of sp³-hybridized carbons (Fsp3) is 0.125. The van der Waals surface area contributed by atoms with Gasteiger partial charge in [0.15, 0.2) is 5.96 Å². The lowest BCUT2D eigenvalue weighted by Crippen LogP contribution is -2.21. The van der Waals surface area contributed by atoms with Crippen molar-refractivity contribution < 1.29 is 4.92 Å². The summed E-state index contributed by atoms with van der Waals surface area (Å²) in [5.74, 6) is -0.0711. The number of aryl methyl sites for hydroxylation is 1. The Hall–Kier alpha value is -2.11. The van der Waals surface area contributed by atoms with Crippen LogP contribution in [0.4, 0.5) is 11.4 Å². The monoisotopic (exact) mass is 194 g/mol. The van der Waals surface area contributed by atoms with Gasteiger partial charge >= 0.3 is 0 Å². The Balaban J connectivity index is 3.13. The largest absolute Gasteiger partial charge is 0.370 e. The molecule has 0 aliphatic rings. The first-order valence-electron chi connectivity index (χ1n) is 3.85. The first kappa shape index (κ1) is 9.97. The van der Waals surface area contributed by atoms with Crippen LogP contribution in [0.15, 0.2) is 23.2 Å². The second-order valence-electron chi connectivity index (χ2n) is 2.76. The highest BCUT2D eigenvalue weighted by atomic mass is 16.6. The van der Waals surface area contributed by atoms with Gasteiger partial charge in [0.05, 0.1) is 10.6 Å². The summed E-state index contributed by atoms with van der Waals surface area (Å²) in [4.78, 5) is 13.8. The zero-order valence-corrected chi connectivity index (χ0v) is 7.60. The van der Waals surface area contributed by atoms with Crippen LogP contribution in [-0.2, 0) is 0 Å². The predicted molar refractivity (Wildman–Crippen MR) is 53.3 cm³/mol. The summed E-state index contributed by atoms with van der Waals surface area (Å²) in [5.41, 5.74) is 11.4. The Bertz CT molecular complexity index is 396. The molecular weight excluding hydrogens is 184 g/mol. The zero-order chi connectivity index (χ0) is 10.7. The average molecular weight is 194 g/mol. The predicted octanol–water partition coefficient (Wildman–Crippen LogP) is 0.808. The van der Waals surface area contributed by atoms with Crippen molar-refractivity contribution in [2.75, 3.05) is 0 Å². The van der Waals surface area contributed by atoms with Gasteiger partial charge in [-0.2, -0.15) is 0 Å². The summed E-state index contributed by atoms with van der Waals surface area (Å²) in [6, 6.07) is 4.42. The van der Waals surface area contributed by atoms with Gasteiger partial charge in [-0.3, -0.25) is 10.1 Å². The molecule has 1 aromatic rings. The number of nitro groups is 1. The highest BCUT2D eigenvalue weighted by molar-refractivity contribution is 5.79. The number of hydrogen-bond acceptors (Lipinski definition) is 3. The minimum Gasteiger partial charge on any atom is -0.370 e. The quantitative estimate of drug-likeness (QED) is 0.314. The van der Waals surface area contributed by atoms with Crippen LogP contribution in [0, 0.1) is 17.0 Å². The van der Waals surface area contributed by atoms with E-state index < -0.39 is 4.92 Å². The molecule has 0 atom stereocenters. The highest BCUT2D eigenvalue weighted by Gasteiger charge is 2.09. The van der Waals surface area contributed by atoms with Gasteiger partial charge in [0.2, 0.25) is 0 Å². The molecule has 0 heterocycles. The lowest BCUT2D eigenvalue weighted by molar-refractivity contribution is -0.385. The summed E-state index contributed by atoms with van der Waals surface area (Å²) >= 11 is 0. The minimum atomic E-state index is -0.450. The Morgan fingerprint density at radius 1 is 1.50 bits per heavy atom. The minimum absolute atomic E-state index is 0.0551. The van der Waals surface area contributed by atoms with Gasteiger partial charge in [-0.15, -0.1) is 0 Å². The van der Waals surface area contributed by atoms with E-state index in [9.17, 15) is 10.1 Å². The second-order valence-corrected chi connectivity index (χ2v) is 2.76. The van der Waals surface area contributed by atoms with Gasteiger partial charge in [0.1, 0.15) is 0 Å². The van der Waals surface area contributed by atoms with E-state index in [0.29, 0.717) is 11.3 Å². The summed E-state index contributed by atoms with van der Waals surface area (Å²) in [6.07, 6.45) is 0. The van der Waals surface area contributed by atoms with Crippen molar-refractivity contribution in [3.8, 4) is 0 Å². The maximum absolute atomic E-state index is 10.5. The van der Waals surface area contributed by atoms with E-state index in [4.69, 9.17) is 11.5 Å². The summed E-state index contributed by atoms with van der Waals surface area (Å²) in [6.45, 7) is 1.63. The molecule has 0 unspecified atom stereocenters. The van der Waals surface area contributed by atoms with Crippen molar-refractivity contribution in [2.45, 2.75) is 6.92 Å². The third-order valence-electron chi connectivity index (χ3n) is 1.64. The van der Waals surface area contributed by atoms with E-state index in [1.807, 2.05) is 0 Å². The van der Waals surface area contributed by atoms with Crippen molar-refractivity contribution in [1.29, 1.82) is 0 Å². The number of rotatable bonds is 2. The molecule has 0 saturated heterocycles. The van der Waals surface area contributed by atoms with Crippen LogP contribution in [0.2, 0.25) is 0 Å². The Morgan fingerprint density at radius 3 is 2.57 bits per heavy atom. The van der Waals surface area contributed by atoms with Crippen molar-refractivity contribution in [2.24, 2.45) is 16.5 Å². The van der Waals surface area contributed by atoms with Crippen LogP contribution in [0.25, 0.3) is 0 Å². The summed E-state index contributed by atoms with van der Waals surface area (Å²) in [5, 5.41) is 10.5. The van der Waals surface area contributed by atoms with Crippen LogP contribution >= 0.6 is 0 Å². The molecule has 14 heavy (non-hydrogen) atoms. The van der Waals surface area contributed by atoms with Crippen LogP contribution in [0.1, 0.15) is 5.56 Å². The second kappa shape index (κ2) is 3.73. The van der Waals surface area contributed by atoms with Gasteiger partial charge in [-0.05, 0) is 19.1 Å². The Morgan fingerprint density at radius 2 is 2.14 bits per heavy atom. The fourth-order valence-electron chi connectivity index (χ4n) is 1.06. The summed E-state index contributed by atoms with van der Waals surface area (Å²) < 4.78 is 0. The number of nitro benzene ring substituents is 1. The molecule has 4 N–H and O–H groups in total. The summed E-state index contributed by atoms with van der Waals surface area (Å²) in [7, 11) is 0. The molecule has 74 valence electrons. The van der Waals surface area contributed by atoms with Crippen LogP contribution in [0.3, 0.4) is 0 Å². The normalized spacial score (nSPS) is 9.50. The Labute approximate surface area is 80.4 Å². The lowest BCUT2D eigenvalue weighted by atomic mass is 10.2. The van der Waals surface area contributed by atoms with Crippen molar-refractivity contribution in [3.05, 3.63) is 33.9 Å². The number of benzene rings is 1. The molecule has 1 rings (SSSR count). The molecule has 6 heteroatoms. The molecule has 0 amide bonds. The number of nitrogens with zero attached hydrogens (tertiary/aromatic N) is 2. The number of hydrogen-bond donors (Lipinski definition) is 2. The van der Waals surface area contributed by atoms with Gasteiger partial charge in [0.25, 0.3) is 5.69 Å². The third kappa shape index (κ3) is 2.19. The third-order valence-corrected chi connectivity index (χ3v) is 1.64. The van der Waals surface area contributed by atoms with Crippen LogP contribution in [0.5, 0.6) is 0 Å². The van der Waals surface area contributed by atoms with E-state index in [2.05, 4.69) is 4.99 Å². The molecular formula is C8H10N4O2. The average Bonchev–Trinajstić information content (AvgIpc) is 2.01. The molecule has 0 fully saturated rings. The first-order valence-corrected chi connectivity index (χ1v) is 3.85. The van der Waals surface area contributed by atoms with E-state index in [1.165, 1.54) is 12.1 Å². The zero-order valence-electron chi connectivity index (χ0n) is 7.60. The van der Waals surface area contributed by atoms with E-state index in [-0.39, 0.29) is 11.6 Å². The van der Waals surface area contributed by atoms with Crippen molar-refractivity contribution in [1.82, 2.24) is 0 Å². The molecule has 0 spiro atoms. The maximum atomic E-state index is 10.5. The SMILES string of the molecule is Cc1cc(N=C(N)N)ccc1[N+](=O)[O-]. The molecule has 0 aliphatic heterocycles. The highest BCUT2D eigenvalue weighted by Crippen LogP contribution is 2.22. The van der Waals surface area contributed by atoms with Crippen LogP contribution in [-0.4, -0.2) is 10.9 Å². The van der Waals surface area contributed by atoms with E-state index in [1.54, 1.807) is 13.0 Å². The standard InChI is InChI=1S/C8H10N4O2/c1-5-4-6(11-8(9)10)2-3-7(5)12(13)14/h2-4H,1H3,(H4,9,10,11). The topological polar surface area (TPSA) is 108 Å². The molecule has 6 nitrogen and oxygen atoms in total. The van der Waals surface area contributed by atoms with Gasteiger partial charge in [-0.1, -0.05) is 0 Å². The number of nitrogens with two attached hydrogens (primary N) is 2. The molecule has 1 aromatic carbocycles. The van der Waals surface area contributed by atoms with Crippen LogP contribution < -0.4 is 11.5 Å². The van der Waals surface area contributed by atoms with Gasteiger partial charge < -0.3 is 11.5 Å². The molecule has 0 saturated carbocycles. The van der Waals surface area contributed by atoms with Gasteiger partial charge in [0, 0.05) is 11.6 Å². The van der Waals surface area contributed by atoms with Crippen molar-refractivity contribution >= 4 is 17.3 Å². The van der Waals surface area contributed by atoms with E-state index in [0.717, 1.165) is 0 Å². The molecule has 0 radical (unpaired) electrons.